The first-order chi connectivity index (χ1) is 12.1. The maximum atomic E-state index is 12.5. The van der Waals surface area contributed by atoms with E-state index < -0.39 is 0 Å². The quantitative estimate of drug-likeness (QED) is 0.769. The van der Waals surface area contributed by atoms with Crippen LogP contribution in [0.15, 0.2) is 41.2 Å². The van der Waals surface area contributed by atoms with Crippen molar-refractivity contribution in [2.45, 2.75) is 20.4 Å². The molecule has 1 aromatic carbocycles. The maximum absolute atomic E-state index is 12.5. The van der Waals surface area contributed by atoms with Crippen LogP contribution in [-0.2, 0) is 6.54 Å². The number of pyridine rings is 1. The third-order valence-electron chi connectivity index (χ3n) is 3.80. The van der Waals surface area contributed by atoms with Crippen molar-refractivity contribution in [2.24, 2.45) is 0 Å². The van der Waals surface area contributed by atoms with Gasteiger partial charge in [0.1, 0.15) is 0 Å². The summed E-state index contributed by atoms with van der Waals surface area (Å²) in [6.07, 6.45) is 1.25. The lowest BCUT2D eigenvalue weighted by atomic mass is 10.1. The monoisotopic (exact) mass is 338 g/mol. The zero-order valence-corrected chi connectivity index (χ0v) is 14.2. The lowest BCUT2D eigenvalue weighted by Gasteiger charge is -2.13. The van der Waals surface area contributed by atoms with Crippen LogP contribution < -0.4 is 10.1 Å². The van der Waals surface area contributed by atoms with Crippen molar-refractivity contribution in [3.63, 3.8) is 0 Å². The number of nitrogens with one attached hydrogen (secondary N) is 1. The van der Waals surface area contributed by atoms with Gasteiger partial charge >= 0.3 is 0 Å². The molecule has 0 aliphatic rings. The van der Waals surface area contributed by atoms with Crippen molar-refractivity contribution in [1.29, 1.82) is 0 Å². The number of hydrogen-bond donors (Lipinski definition) is 1. The Kier molecular flexibility index (Phi) is 4.74. The summed E-state index contributed by atoms with van der Waals surface area (Å²) in [5.41, 5.74) is 3.98. The van der Waals surface area contributed by atoms with Gasteiger partial charge in [0.15, 0.2) is 0 Å². The SMILES string of the molecule is COc1nc(C)cc(C)c1CNC(=O)c1cccc(-c2ncon2)c1. The first kappa shape index (κ1) is 16.6. The number of carbonyl (C=O) groups is 1. The molecule has 128 valence electrons. The second-order valence-electron chi connectivity index (χ2n) is 5.59. The molecule has 3 aromatic rings. The molecular formula is C18H18N4O3. The summed E-state index contributed by atoms with van der Waals surface area (Å²) in [6, 6.07) is 9.01. The largest absolute Gasteiger partial charge is 0.481 e. The van der Waals surface area contributed by atoms with Crippen LogP contribution in [0.5, 0.6) is 5.88 Å². The highest BCUT2D eigenvalue weighted by molar-refractivity contribution is 5.95. The van der Waals surface area contributed by atoms with Crippen LogP contribution in [0.4, 0.5) is 0 Å². The van der Waals surface area contributed by atoms with Gasteiger partial charge in [0.2, 0.25) is 18.1 Å². The Morgan fingerprint density at radius 3 is 2.84 bits per heavy atom. The Morgan fingerprint density at radius 2 is 2.12 bits per heavy atom. The smallest absolute Gasteiger partial charge is 0.251 e. The summed E-state index contributed by atoms with van der Waals surface area (Å²) in [6.45, 7) is 4.20. The molecule has 7 nitrogen and oxygen atoms in total. The van der Waals surface area contributed by atoms with E-state index in [0.29, 0.717) is 29.4 Å². The molecule has 0 aliphatic heterocycles. The molecule has 0 saturated carbocycles. The normalized spacial score (nSPS) is 10.5. The first-order valence-corrected chi connectivity index (χ1v) is 7.74. The van der Waals surface area contributed by atoms with E-state index in [0.717, 1.165) is 16.8 Å². The minimum Gasteiger partial charge on any atom is -0.481 e. The van der Waals surface area contributed by atoms with Gasteiger partial charge in [-0.15, -0.1) is 0 Å². The summed E-state index contributed by atoms with van der Waals surface area (Å²) in [5.74, 6) is 0.764. The van der Waals surface area contributed by atoms with Gasteiger partial charge in [-0.25, -0.2) is 4.98 Å². The number of aromatic nitrogens is 3. The molecule has 0 saturated heterocycles. The third-order valence-corrected chi connectivity index (χ3v) is 3.80. The lowest BCUT2D eigenvalue weighted by Crippen LogP contribution is -2.23. The molecule has 1 amide bonds. The molecule has 0 atom stereocenters. The third kappa shape index (κ3) is 3.65. The average Bonchev–Trinajstić information content (AvgIpc) is 3.15. The minimum atomic E-state index is -0.202. The first-order valence-electron chi connectivity index (χ1n) is 7.74. The summed E-state index contributed by atoms with van der Waals surface area (Å²) < 4.78 is 10.1. The van der Waals surface area contributed by atoms with E-state index in [9.17, 15) is 4.79 Å². The van der Waals surface area contributed by atoms with Crippen LogP contribution in [-0.4, -0.2) is 28.1 Å². The van der Waals surface area contributed by atoms with E-state index >= 15 is 0 Å². The molecule has 0 unspecified atom stereocenters. The fraction of sp³-hybridized carbons (Fsp3) is 0.222. The Labute approximate surface area is 145 Å². The number of ether oxygens (including phenoxy) is 1. The summed E-state index contributed by atoms with van der Waals surface area (Å²) in [5, 5.41) is 6.68. The molecular weight excluding hydrogens is 320 g/mol. The highest BCUT2D eigenvalue weighted by Crippen LogP contribution is 2.21. The van der Waals surface area contributed by atoms with Gasteiger partial charge < -0.3 is 14.6 Å². The number of carbonyl (C=O) groups excluding carboxylic acids is 1. The van der Waals surface area contributed by atoms with Crippen molar-refractivity contribution in [1.82, 2.24) is 20.4 Å². The van der Waals surface area contributed by atoms with Crippen molar-refractivity contribution in [2.75, 3.05) is 7.11 Å². The van der Waals surface area contributed by atoms with Gasteiger partial charge in [-0.2, -0.15) is 4.98 Å². The fourth-order valence-corrected chi connectivity index (χ4v) is 2.58. The van der Waals surface area contributed by atoms with Gasteiger partial charge in [-0.3, -0.25) is 4.79 Å². The van der Waals surface area contributed by atoms with Crippen LogP contribution in [0.2, 0.25) is 0 Å². The van der Waals surface area contributed by atoms with Gasteiger partial charge in [-0.1, -0.05) is 17.3 Å². The number of aryl methyl sites for hydroxylation is 2. The van der Waals surface area contributed by atoms with Crippen LogP contribution in [0, 0.1) is 13.8 Å². The number of hydrogen-bond acceptors (Lipinski definition) is 6. The lowest BCUT2D eigenvalue weighted by molar-refractivity contribution is 0.0950. The number of rotatable bonds is 5. The van der Waals surface area contributed by atoms with E-state index in [1.807, 2.05) is 26.0 Å². The van der Waals surface area contributed by atoms with E-state index in [-0.39, 0.29) is 5.91 Å². The maximum Gasteiger partial charge on any atom is 0.251 e. The molecule has 2 aromatic heterocycles. The van der Waals surface area contributed by atoms with E-state index in [1.165, 1.54) is 6.39 Å². The van der Waals surface area contributed by atoms with Crippen LogP contribution >= 0.6 is 0 Å². The van der Waals surface area contributed by atoms with Crippen molar-refractivity contribution in [3.05, 3.63) is 59.1 Å². The highest BCUT2D eigenvalue weighted by Gasteiger charge is 2.13. The second kappa shape index (κ2) is 7.12. The summed E-state index contributed by atoms with van der Waals surface area (Å²) in [4.78, 5) is 20.8. The molecule has 0 spiro atoms. The zero-order valence-electron chi connectivity index (χ0n) is 14.2. The Morgan fingerprint density at radius 1 is 1.28 bits per heavy atom. The van der Waals surface area contributed by atoms with Gasteiger partial charge in [-0.05, 0) is 37.6 Å². The topological polar surface area (TPSA) is 90.1 Å². The molecule has 1 N–H and O–H groups in total. The number of amides is 1. The second-order valence-corrected chi connectivity index (χ2v) is 5.59. The van der Waals surface area contributed by atoms with Crippen molar-refractivity contribution in [3.8, 4) is 17.3 Å². The number of methoxy groups -OCH3 is 1. The Hall–Kier alpha value is -3.22. The molecule has 0 aliphatic carbocycles. The minimum absolute atomic E-state index is 0.202. The highest BCUT2D eigenvalue weighted by atomic mass is 16.5. The van der Waals surface area contributed by atoms with Gasteiger partial charge in [0, 0.05) is 28.9 Å². The van der Waals surface area contributed by atoms with Crippen molar-refractivity contribution >= 4 is 5.91 Å². The molecule has 7 heteroatoms. The predicted molar refractivity (Wildman–Crippen MR) is 91.2 cm³/mol. The predicted octanol–water partition coefficient (Wildman–Crippen LogP) is 2.69. The molecule has 0 bridgehead atoms. The van der Waals surface area contributed by atoms with Crippen molar-refractivity contribution < 1.29 is 14.1 Å². The average molecular weight is 338 g/mol. The number of nitrogens with zero attached hydrogens (tertiary/aromatic N) is 3. The van der Waals surface area contributed by atoms with E-state index in [1.54, 1.807) is 25.3 Å². The van der Waals surface area contributed by atoms with Gasteiger partial charge in [0.05, 0.1) is 7.11 Å². The summed E-state index contributed by atoms with van der Waals surface area (Å²) in [7, 11) is 1.57. The molecule has 3 rings (SSSR count). The Balaban J connectivity index is 1.77. The van der Waals surface area contributed by atoms with Gasteiger partial charge in [0.25, 0.3) is 5.91 Å². The molecule has 2 heterocycles. The van der Waals surface area contributed by atoms with E-state index in [4.69, 9.17) is 9.26 Å². The Bertz CT molecular complexity index is 891. The van der Waals surface area contributed by atoms with Crippen LogP contribution in [0.1, 0.15) is 27.2 Å². The summed E-state index contributed by atoms with van der Waals surface area (Å²) >= 11 is 0. The molecule has 25 heavy (non-hydrogen) atoms. The standard InChI is InChI=1S/C18H18N4O3/c1-11-7-12(2)21-18(24-3)15(11)9-19-17(23)14-6-4-5-13(8-14)16-20-10-25-22-16/h4-8,10H,9H2,1-3H3,(H,19,23). The zero-order chi connectivity index (χ0) is 17.8. The van der Waals surface area contributed by atoms with Crippen LogP contribution in [0.3, 0.4) is 0 Å². The molecule has 0 fully saturated rings. The van der Waals surface area contributed by atoms with E-state index in [2.05, 4.69) is 20.4 Å². The van der Waals surface area contributed by atoms with Crippen LogP contribution in [0.25, 0.3) is 11.4 Å². The number of benzene rings is 1. The fourth-order valence-electron chi connectivity index (χ4n) is 2.58. The molecule has 0 radical (unpaired) electrons.